The minimum atomic E-state index is -3.93. The van der Waals surface area contributed by atoms with E-state index in [0.717, 1.165) is 32.4 Å². The number of nitro groups is 1. The lowest BCUT2D eigenvalue weighted by Crippen LogP contribution is -2.26. The number of rotatable bonds is 4. The van der Waals surface area contributed by atoms with Crippen LogP contribution in [0.2, 0.25) is 0 Å². The van der Waals surface area contributed by atoms with Gasteiger partial charge in [-0.2, -0.15) is 13.2 Å². The summed E-state index contributed by atoms with van der Waals surface area (Å²) in [4.78, 5) is 24.2. The van der Waals surface area contributed by atoms with Gasteiger partial charge in [0.2, 0.25) is 0 Å². The first kappa shape index (κ1) is 22.2. The highest BCUT2D eigenvalue weighted by Gasteiger charge is 2.46. The minimum Gasteiger partial charge on any atom is -0.383 e. The van der Waals surface area contributed by atoms with Crippen LogP contribution in [-0.2, 0) is 0 Å². The molecule has 166 valence electrons. The van der Waals surface area contributed by atoms with Gasteiger partial charge in [0.05, 0.1) is 22.1 Å². The van der Waals surface area contributed by atoms with E-state index in [1.165, 1.54) is 12.5 Å². The number of hydrogen-bond acceptors (Lipinski definition) is 5. The highest BCUT2D eigenvalue weighted by molar-refractivity contribution is 6.01. The van der Waals surface area contributed by atoms with E-state index in [9.17, 15) is 28.1 Å². The fraction of sp³-hybridized carbons (Fsp3) is 0.650. The van der Waals surface area contributed by atoms with Crippen molar-refractivity contribution >= 4 is 23.0 Å². The molecule has 3 fully saturated rings. The molecule has 0 radical (unpaired) electrons. The van der Waals surface area contributed by atoms with Crippen LogP contribution in [0.15, 0.2) is 12.1 Å². The Kier molecular flexibility index (Phi) is 6.42. The fourth-order valence-corrected chi connectivity index (χ4v) is 4.41. The number of carbonyl (C=O) groups is 1. The van der Waals surface area contributed by atoms with Gasteiger partial charge in [-0.15, -0.1) is 0 Å². The van der Waals surface area contributed by atoms with Crippen LogP contribution in [0, 0.1) is 27.9 Å². The first-order valence-electron chi connectivity index (χ1n) is 10.2. The molecule has 7 nitrogen and oxygen atoms in total. The molecule has 0 spiro atoms. The summed E-state index contributed by atoms with van der Waals surface area (Å²) in [6, 6.07) is 2.93. The zero-order valence-corrected chi connectivity index (χ0v) is 16.9. The second kappa shape index (κ2) is 8.69. The molecule has 4 rings (SSSR count). The summed E-state index contributed by atoms with van der Waals surface area (Å²) in [7, 11) is 1.62. The highest BCUT2D eigenvalue weighted by atomic mass is 19.4. The molecule has 3 aliphatic rings. The van der Waals surface area contributed by atoms with Crippen LogP contribution in [0.3, 0.4) is 0 Å². The average molecular weight is 428 g/mol. The van der Waals surface area contributed by atoms with Gasteiger partial charge < -0.3 is 16.0 Å². The maximum absolute atomic E-state index is 11.9. The number of primary amides is 1. The summed E-state index contributed by atoms with van der Waals surface area (Å²) >= 11 is 0. The first-order valence-corrected chi connectivity index (χ1v) is 10.2. The molecule has 0 bridgehead atoms. The van der Waals surface area contributed by atoms with E-state index in [1.54, 1.807) is 13.1 Å². The Labute approximate surface area is 172 Å². The van der Waals surface area contributed by atoms with E-state index in [-0.39, 0.29) is 11.3 Å². The number of carbonyl (C=O) groups excluding carboxylic acids is 1. The molecule has 1 amide bonds. The molecule has 2 aliphatic carbocycles. The average Bonchev–Trinajstić information content (AvgIpc) is 3.32. The number of alkyl halides is 3. The van der Waals surface area contributed by atoms with Crippen molar-refractivity contribution in [3.05, 3.63) is 27.8 Å². The Morgan fingerprint density at radius 2 is 1.80 bits per heavy atom. The lowest BCUT2D eigenvalue weighted by molar-refractivity contribution is -0.383. The number of hydrogen-bond donors (Lipinski definition) is 2. The van der Waals surface area contributed by atoms with E-state index < -0.39 is 22.9 Å². The van der Waals surface area contributed by atoms with Crippen LogP contribution in [0.4, 0.5) is 30.2 Å². The topological polar surface area (TPSA) is 102 Å². The molecule has 2 atom stereocenters. The van der Waals surface area contributed by atoms with Crippen LogP contribution < -0.4 is 16.0 Å². The molecule has 1 aliphatic heterocycles. The second-order valence-electron chi connectivity index (χ2n) is 8.30. The third kappa shape index (κ3) is 4.96. The summed E-state index contributed by atoms with van der Waals surface area (Å²) in [5.41, 5.74) is 6.56. The van der Waals surface area contributed by atoms with Crippen LogP contribution in [0.1, 0.15) is 48.9 Å². The summed E-state index contributed by atoms with van der Waals surface area (Å²) in [6.07, 6.45) is 0.503. The quantitative estimate of drug-likeness (QED) is 0.549. The van der Waals surface area contributed by atoms with Gasteiger partial charge in [0.15, 0.2) is 0 Å². The normalized spacial score (nSPS) is 23.3. The van der Waals surface area contributed by atoms with Gasteiger partial charge in [-0.25, -0.2) is 0 Å². The van der Waals surface area contributed by atoms with Crippen molar-refractivity contribution in [3.8, 4) is 0 Å². The van der Waals surface area contributed by atoms with Gasteiger partial charge in [0.1, 0.15) is 5.69 Å². The largest absolute Gasteiger partial charge is 0.391 e. The Hall–Kier alpha value is -2.52. The number of nitrogens with two attached hydrogens (primary N) is 1. The monoisotopic (exact) mass is 428 g/mol. The smallest absolute Gasteiger partial charge is 0.383 e. The molecule has 30 heavy (non-hydrogen) atoms. The van der Waals surface area contributed by atoms with Crippen LogP contribution in [-0.4, -0.2) is 37.1 Å². The number of anilines is 2. The van der Waals surface area contributed by atoms with Gasteiger partial charge >= 0.3 is 6.18 Å². The van der Waals surface area contributed by atoms with E-state index in [1.807, 2.05) is 0 Å². The van der Waals surface area contributed by atoms with Crippen molar-refractivity contribution < 1.29 is 22.9 Å². The van der Waals surface area contributed by atoms with E-state index >= 15 is 0 Å². The maximum Gasteiger partial charge on any atom is 0.391 e. The van der Waals surface area contributed by atoms with Crippen molar-refractivity contribution in [1.29, 1.82) is 0 Å². The van der Waals surface area contributed by atoms with E-state index in [4.69, 9.17) is 5.73 Å². The highest BCUT2D eigenvalue weighted by Crippen LogP contribution is 2.47. The molecule has 1 saturated heterocycles. The third-order valence-electron chi connectivity index (χ3n) is 6.23. The SMILES string of the molecule is CNc1cc(N2CC3CC3C2)c(C(N)=O)cc1[N+](=O)[O-].FC(F)(F)C1CCCCC1. The molecule has 1 aromatic rings. The van der Waals surface area contributed by atoms with Crippen LogP contribution in [0.25, 0.3) is 0 Å². The number of benzene rings is 1. The predicted molar refractivity (Wildman–Crippen MR) is 108 cm³/mol. The number of amides is 1. The molecule has 3 N–H and O–H groups in total. The number of nitro benzene ring substituents is 1. The van der Waals surface area contributed by atoms with E-state index in [2.05, 4.69) is 10.2 Å². The van der Waals surface area contributed by atoms with Crippen molar-refractivity contribution in [2.24, 2.45) is 23.5 Å². The molecule has 0 aromatic heterocycles. The molecule has 2 saturated carbocycles. The Bertz CT molecular complexity index is 799. The molecule has 2 unspecified atom stereocenters. The summed E-state index contributed by atoms with van der Waals surface area (Å²) in [5.74, 6) is -0.236. The number of nitrogens with zero attached hydrogens (tertiary/aromatic N) is 2. The second-order valence-corrected chi connectivity index (χ2v) is 8.30. The zero-order valence-electron chi connectivity index (χ0n) is 16.9. The van der Waals surface area contributed by atoms with Crippen molar-refractivity contribution in [1.82, 2.24) is 0 Å². The van der Waals surface area contributed by atoms with E-state index in [0.29, 0.717) is 36.1 Å². The van der Waals surface area contributed by atoms with Gasteiger partial charge in [-0.3, -0.25) is 14.9 Å². The van der Waals surface area contributed by atoms with Crippen molar-refractivity contribution in [2.45, 2.75) is 44.7 Å². The van der Waals surface area contributed by atoms with Crippen molar-refractivity contribution in [3.63, 3.8) is 0 Å². The lowest BCUT2D eigenvalue weighted by Gasteiger charge is -2.23. The number of halogens is 3. The van der Waals surface area contributed by atoms with Gasteiger partial charge in [0, 0.05) is 26.2 Å². The molecular weight excluding hydrogens is 401 g/mol. The Morgan fingerprint density at radius 3 is 2.23 bits per heavy atom. The van der Waals surface area contributed by atoms with Gasteiger partial charge in [-0.1, -0.05) is 19.3 Å². The predicted octanol–water partition coefficient (Wildman–Crippen LogP) is 4.32. The molecule has 1 heterocycles. The molecule has 1 aromatic carbocycles. The number of fused-ring (bicyclic) bond motifs is 1. The number of piperidine rings is 1. The Morgan fingerprint density at radius 1 is 1.20 bits per heavy atom. The van der Waals surface area contributed by atoms with Gasteiger partial charge in [0.25, 0.3) is 11.6 Å². The molecular formula is C20H27F3N4O3. The summed E-state index contributed by atoms with van der Waals surface area (Å²) < 4.78 is 35.8. The van der Waals surface area contributed by atoms with Crippen molar-refractivity contribution in [2.75, 3.05) is 30.4 Å². The zero-order chi connectivity index (χ0) is 22.1. The number of nitrogens with one attached hydrogen (secondary N) is 1. The third-order valence-corrected chi connectivity index (χ3v) is 6.23. The maximum atomic E-state index is 11.9. The molecule has 10 heteroatoms. The minimum absolute atomic E-state index is 0.130. The standard InChI is InChI=1S/C13H16N4O3.C7H11F3/c1-15-10-4-11(16-5-7-2-8(7)6-16)9(13(14)18)3-12(10)17(19)20;8-7(9,10)6-4-2-1-3-5-6/h3-4,7-8,15H,2,5-6H2,1H3,(H2,14,18);6H,1-5H2. The van der Waals surface area contributed by atoms with Gasteiger partial charge in [-0.05, 0) is 37.2 Å². The summed E-state index contributed by atoms with van der Waals surface area (Å²) in [6.45, 7) is 1.79. The van der Waals surface area contributed by atoms with Crippen LogP contribution >= 0.6 is 0 Å². The first-order chi connectivity index (χ1) is 14.1. The van der Waals surface area contributed by atoms with Crippen LogP contribution in [0.5, 0.6) is 0 Å². The fourth-order valence-electron chi connectivity index (χ4n) is 4.41. The Balaban J connectivity index is 0.000000216. The lowest BCUT2D eigenvalue weighted by atomic mass is 9.89. The summed E-state index contributed by atoms with van der Waals surface area (Å²) in [5, 5.41) is 13.9.